The Hall–Kier alpha value is -3.71. The summed E-state index contributed by atoms with van der Waals surface area (Å²) in [5, 5.41) is 0. The number of aryl methyl sites for hydroxylation is 1. The van der Waals surface area contributed by atoms with E-state index in [1.807, 2.05) is 56.3 Å². The Labute approximate surface area is 199 Å². The molecule has 3 aromatic carbocycles. The number of rotatable bonds is 6. The highest BCUT2D eigenvalue weighted by Crippen LogP contribution is 2.38. The minimum Gasteiger partial charge on any atom is -0.490 e. The maximum atomic E-state index is 12.6. The zero-order chi connectivity index (χ0) is 23.4. The van der Waals surface area contributed by atoms with Crippen LogP contribution in [0.5, 0.6) is 11.5 Å². The molecule has 0 amide bonds. The average Bonchev–Trinajstić information content (AvgIpc) is 3.17. The molecule has 0 fully saturated rings. The lowest BCUT2D eigenvalue weighted by molar-refractivity contribution is -0.129. The van der Waals surface area contributed by atoms with Crippen molar-refractivity contribution in [2.45, 2.75) is 13.8 Å². The van der Waals surface area contributed by atoms with Crippen molar-refractivity contribution in [3.8, 4) is 11.5 Å². The molecule has 0 saturated heterocycles. The normalized spacial score (nSPS) is 14.1. The van der Waals surface area contributed by atoms with Crippen LogP contribution in [0, 0.1) is 6.92 Å². The van der Waals surface area contributed by atoms with Gasteiger partial charge in [0.25, 0.3) is 0 Å². The molecule has 0 bridgehead atoms. The number of carbonyl (C=O) groups is 2. The van der Waals surface area contributed by atoms with Crippen molar-refractivity contribution in [3.63, 3.8) is 0 Å². The number of hydrogen-bond acceptors (Lipinski definition) is 6. The van der Waals surface area contributed by atoms with Gasteiger partial charge in [-0.3, -0.25) is 0 Å². The van der Waals surface area contributed by atoms with E-state index in [1.165, 1.54) is 0 Å². The van der Waals surface area contributed by atoms with Gasteiger partial charge in [-0.25, -0.2) is 14.6 Å². The number of nitrogens with zero attached hydrogens (tertiary/aromatic N) is 1. The Morgan fingerprint density at radius 3 is 2.52 bits per heavy atom. The van der Waals surface area contributed by atoms with Crippen LogP contribution in [0.2, 0.25) is 0 Å². The second-order valence-electron chi connectivity index (χ2n) is 7.22. The summed E-state index contributed by atoms with van der Waals surface area (Å²) in [4.78, 5) is 29.3. The lowest BCUT2D eigenvalue weighted by atomic mass is 10.1. The summed E-state index contributed by atoms with van der Waals surface area (Å²) in [5.74, 6) is -0.179. The zero-order valence-electron chi connectivity index (χ0n) is 18.0. The van der Waals surface area contributed by atoms with E-state index in [-0.39, 0.29) is 17.3 Å². The van der Waals surface area contributed by atoms with Gasteiger partial charge in [-0.1, -0.05) is 35.9 Å². The Morgan fingerprint density at radius 2 is 1.82 bits per heavy atom. The molecule has 0 aromatic heterocycles. The molecule has 0 saturated carbocycles. The van der Waals surface area contributed by atoms with Crippen molar-refractivity contribution in [3.05, 3.63) is 99.2 Å². The molecule has 4 rings (SSSR count). The number of aliphatic imine (C=N–C) groups is 1. The van der Waals surface area contributed by atoms with Gasteiger partial charge >= 0.3 is 11.9 Å². The highest BCUT2D eigenvalue weighted by Gasteiger charge is 2.24. The van der Waals surface area contributed by atoms with Crippen LogP contribution in [0.25, 0.3) is 6.08 Å². The minimum absolute atomic E-state index is 0.160. The monoisotopic (exact) mass is 505 g/mol. The SMILES string of the molecule is CCOc1cc(/C=C2\N=C(c3ccccc3)OC2=O)cc(Br)c1OC(=O)c1ccc(C)cc1. The molecule has 33 heavy (non-hydrogen) atoms. The van der Waals surface area contributed by atoms with Gasteiger partial charge < -0.3 is 14.2 Å². The molecule has 6 nitrogen and oxygen atoms in total. The highest BCUT2D eigenvalue weighted by molar-refractivity contribution is 9.10. The fraction of sp³-hybridized carbons (Fsp3) is 0.115. The predicted octanol–water partition coefficient (Wildman–Crippen LogP) is 5.72. The maximum Gasteiger partial charge on any atom is 0.363 e. The van der Waals surface area contributed by atoms with Crippen LogP contribution < -0.4 is 9.47 Å². The van der Waals surface area contributed by atoms with Crippen molar-refractivity contribution >= 4 is 39.8 Å². The van der Waals surface area contributed by atoms with Gasteiger partial charge in [-0.15, -0.1) is 0 Å². The summed E-state index contributed by atoms with van der Waals surface area (Å²) in [5.41, 5.74) is 2.98. The fourth-order valence-corrected chi connectivity index (χ4v) is 3.69. The largest absolute Gasteiger partial charge is 0.490 e. The van der Waals surface area contributed by atoms with Gasteiger partial charge in [0.05, 0.1) is 16.6 Å². The van der Waals surface area contributed by atoms with Crippen molar-refractivity contribution in [1.29, 1.82) is 0 Å². The third-order valence-electron chi connectivity index (χ3n) is 4.76. The predicted molar refractivity (Wildman–Crippen MR) is 128 cm³/mol. The Kier molecular flexibility index (Phi) is 6.70. The van der Waals surface area contributed by atoms with E-state index < -0.39 is 11.9 Å². The number of esters is 2. The van der Waals surface area contributed by atoms with Crippen LogP contribution >= 0.6 is 15.9 Å². The summed E-state index contributed by atoms with van der Waals surface area (Å²) in [7, 11) is 0. The van der Waals surface area contributed by atoms with E-state index in [9.17, 15) is 9.59 Å². The van der Waals surface area contributed by atoms with Crippen LogP contribution in [-0.2, 0) is 9.53 Å². The molecular formula is C26H20BrNO5. The average molecular weight is 506 g/mol. The van der Waals surface area contributed by atoms with E-state index in [2.05, 4.69) is 20.9 Å². The number of hydrogen-bond donors (Lipinski definition) is 0. The van der Waals surface area contributed by atoms with Crippen LogP contribution in [0.3, 0.4) is 0 Å². The highest BCUT2D eigenvalue weighted by atomic mass is 79.9. The van der Waals surface area contributed by atoms with Crippen molar-refractivity contribution in [2.75, 3.05) is 6.61 Å². The topological polar surface area (TPSA) is 74.2 Å². The van der Waals surface area contributed by atoms with E-state index in [4.69, 9.17) is 14.2 Å². The molecule has 1 heterocycles. The first-order chi connectivity index (χ1) is 15.9. The van der Waals surface area contributed by atoms with Crippen LogP contribution in [0.15, 0.2) is 81.9 Å². The fourth-order valence-electron chi connectivity index (χ4n) is 3.15. The molecule has 0 unspecified atom stereocenters. The Morgan fingerprint density at radius 1 is 1.09 bits per heavy atom. The molecule has 1 aliphatic rings. The minimum atomic E-state index is -0.544. The lowest BCUT2D eigenvalue weighted by Gasteiger charge is -2.13. The molecule has 0 aliphatic carbocycles. The molecule has 0 atom stereocenters. The quantitative estimate of drug-likeness (QED) is 0.243. The lowest BCUT2D eigenvalue weighted by Crippen LogP contribution is -2.10. The van der Waals surface area contributed by atoms with Crippen LogP contribution in [0.4, 0.5) is 0 Å². The molecule has 3 aromatic rings. The molecular weight excluding hydrogens is 486 g/mol. The van der Waals surface area contributed by atoms with E-state index in [0.717, 1.165) is 5.56 Å². The second-order valence-corrected chi connectivity index (χ2v) is 8.07. The summed E-state index contributed by atoms with van der Waals surface area (Å²) in [6, 6.07) is 19.7. The maximum absolute atomic E-state index is 12.6. The van der Waals surface area contributed by atoms with E-state index in [0.29, 0.717) is 33.5 Å². The van der Waals surface area contributed by atoms with Crippen molar-refractivity contribution in [1.82, 2.24) is 0 Å². The molecule has 166 valence electrons. The van der Waals surface area contributed by atoms with Gasteiger partial charge in [-0.05, 0) is 77.8 Å². The summed E-state index contributed by atoms with van der Waals surface area (Å²) >= 11 is 3.46. The van der Waals surface area contributed by atoms with Gasteiger partial charge in [0.2, 0.25) is 5.90 Å². The van der Waals surface area contributed by atoms with Gasteiger partial charge in [0, 0.05) is 5.56 Å². The number of carbonyl (C=O) groups excluding carboxylic acids is 2. The standard InChI is InChI=1S/C26H20BrNO5/c1-3-31-22-15-17(14-21-26(30)33-24(28-21)18-7-5-4-6-8-18)13-20(27)23(22)32-25(29)19-11-9-16(2)10-12-19/h4-15H,3H2,1-2H3/b21-14-. The zero-order valence-corrected chi connectivity index (χ0v) is 19.6. The number of benzene rings is 3. The molecule has 7 heteroatoms. The molecule has 0 N–H and O–H groups in total. The van der Waals surface area contributed by atoms with Crippen molar-refractivity contribution in [2.24, 2.45) is 4.99 Å². The Balaban J connectivity index is 1.64. The van der Waals surface area contributed by atoms with Gasteiger partial charge in [0.1, 0.15) is 0 Å². The molecule has 0 spiro atoms. The van der Waals surface area contributed by atoms with E-state index >= 15 is 0 Å². The first kappa shape index (κ1) is 22.5. The molecule has 1 aliphatic heterocycles. The third kappa shape index (κ3) is 5.21. The Bertz CT molecular complexity index is 1260. The molecule has 0 radical (unpaired) electrons. The van der Waals surface area contributed by atoms with Crippen molar-refractivity contribution < 1.29 is 23.8 Å². The van der Waals surface area contributed by atoms with Crippen LogP contribution in [0.1, 0.15) is 34.0 Å². The second kappa shape index (κ2) is 9.83. The van der Waals surface area contributed by atoms with E-state index in [1.54, 1.807) is 30.3 Å². The summed E-state index contributed by atoms with van der Waals surface area (Å²) in [6.07, 6.45) is 1.59. The third-order valence-corrected chi connectivity index (χ3v) is 5.35. The van der Waals surface area contributed by atoms with Gasteiger partial charge in [-0.2, -0.15) is 0 Å². The number of ether oxygens (including phenoxy) is 3. The number of cyclic esters (lactones) is 1. The summed E-state index contributed by atoms with van der Waals surface area (Å²) < 4.78 is 17.1. The first-order valence-corrected chi connectivity index (χ1v) is 11.1. The van der Waals surface area contributed by atoms with Gasteiger partial charge in [0.15, 0.2) is 17.2 Å². The number of halogens is 1. The van der Waals surface area contributed by atoms with Crippen LogP contribution in [-0.4, -0.2) is 24.4 Å². The smallest absolute Gasteiger partial charge is 0.363 e. The first-order valence-electron chi connectivity index (χ1n) is 10.3. The summed E-state index contributed by atoms with van der Waals surface area (Å²) in [6.45, 7) is 4.13.